The Labute approximate surface area is 171 Å². The smallest absolute Gasteiger partial charge is 0.255 e. The van der Waals surface area contributed by atoms with Crippen molar-refractivity contribution in [3.63, 3.8) is 0 Å². The number of amides is 1. The number of aromatic nitrogens is 1. The third kappa shape index (κ3) is 3.62. The largest absolute Gasteiger partial charge is 0.454 e. The number of carbonyl (C=O) groups is 1. The number of nitrogens with zero attached hydrogens (tertiary/aromatic N) is 1. The number of benzene rings is 3. The fourth-order valence-electron chi connectivity index (χ4n) is 3.15. The minimum absolute atomic E-state index is 0.168. The summed E-state index contributed by atoms with van der Waals surface area (Å²) in [6.07, 6.45) is 0.560. The fraction of sp³-hybridized carbons (Fsp3) is 0.0909. The van der Waals surface area contributed by atoms with E-state index >= 15 is 0 Å². The van der Waals surface area contributed by atoms with Gasteiger partial charge in [0.05, 0.1) is 0 Å². The van der Waals surface area contributed by atoms with Gasteiger partial charge in [0.15, 0.2) is 23.0 Å². The van der Waals surface area contributed by atoms with Crippen LogP contribution < -0.4 is 14.8 Å². The summed E-state index contributed by atoms with van der Waals surface area (Å²) in [4.78, 5) is 17.1. The van der Waals surface area contributed by atoms with E-state index in [9.17, 15) is 4.79 Å². The number of halogens is 1. The van der Waals surface area contributed by atoms with Gasteiger partial charge in [0, 0.05) is 22.7 Å². The molecule has 0 fully saturated rings. The molecule has 0 spiro atoms. The molecule has 3 aromatic carbocycles. The second-order valence-electron chi connectivity index (χ2n) is 6.62. The van der Waals surface area contributed by atoms with Crippen LogP contribution in [-0.4, -0.2) is 17.7 Å². The molecule has 5 rings (SSSR count). The summed E-state index contributed by atoms with van der Waals surface area (Å²) in [5.74, 6) is 1.56. The van der Waals surface area contributed by atoms with Crippen molar-refractivity contribution >= 4 is 34.3 Å². The molecule has 0 saturated carbocycles. The molecule has 144 valence electrons. The van der Waals surface area contributed by atoms with Gasteiger partial charge >= 0.3 is 0 Å². The van der Waals surface area contributed by atoms with Gasteiger partial charge in [-0.1, -0.05) is 23.7 Å². The number of fused-ring (bicyclic) bond motifs is 2. The van der Waals surface area contributed by atoms with Gasteiger partial charge in [-0.15, -0.1) is 0 Å². The highest BCUT2D eigenvalue weighted by molar-refractivity contribution is 6.30. The van der Waals surface area contributed by atoms with Crippen LogP contribution in [0.4, 0.5) is 5.69 Å². The maximum absolute atomic E-state index is 12.6. The molecule has 4 aromatic rings. The minimum atomic E-state index is -0.243. The van der Waals surface area contributed by atoms with Gasteiger partial charge in [0.25, 0.3) is 5.91 Å². The fourth-order valence-corrected chi connectivity index (χ4v) is 3.27. The van der Waals surface area contributed by atoms with Crippen molar-refractivity contribution in [2.75, 3.05) is 12.1 Å². The average Bonchev–Trinajstić information content (AvgIpc) is 3.35. The first kappa shape index (κ1) is 17.6. The second kappa shape index (κ2) is 7.14. The zero-order chi connectivity index (χ0) is 19.8. The van der Waals surface area contributed by atoms with Crippen molar-refractivity contribution in [1.82, 2.24) is 4.98 Å². The van der Waals surface area contributed by atoms with Crippen LogP contribution >= 0.6 is 11.6 Å². The normalized spacial score (nSPS) is 12.3. The zero-order valence-electron chi connectivity index (χ0n) is 15.1. The van der Waals surface area contributed by atoms with E-state index in [0.717, 1.165) is 5.56 Å². The molecule has 1 N–H and O–H groups in total. The Morgan fingerprint density at radius 1 is 1.00 bits per heavy atom. The van der Waals surface area contributed by atoms with Gasteiger partial charge in [-0.05, 0) is 54.1 Å². The first-order chi connectivity index (χ1) is 14.1. The van der Waals surface area contributed by atoms with Gasteiger partial charge in [0.1, 0.15) is 5.52 Å². The third-order valence-corrected chi connectivity index (χ3v) is 4.85. The molecule has 0 bridgehead atoms. The molecule has 6 nitrogen and oxygen atoms in total. The van der Waals surface area contributed by atoms with E-state index in [1.54, 1.807) is 36.4 Å². The van der Waals surface area contributed by atoms with E-state index in [1.807, 2.05) is 24.3 Å². The second-order valence-corrected chi connectivity index (χ2v) is 7.05. The van der Waals surface area contributed by atoms with Gasteiger partial charge < -0.3 is 19.2 Å². The SMILES string of the molecule is O=C(Nc1ccc2oc(Cc3ccc(Cl)cc3)nc2c1)c1ccc2c(c1)OCO2. The Morgan fingerprint density at radius 2 is 1.83 bits per heavy atom. The van der Waals surface area contributed by atoms with Gasteiger partial charge in [-0.3, -0.25) is 4.79 Å². The molecule has 29 heavy (non-hydrogen) atoms. The molecule has 0 aliphatic carbocycles. The molecule has 0 atom stereocenters. The number of carbonyl (C=O) groups excluding carboxylic acids is 1. The number of hydrogen-bond donors (Lipinski definition) is 1. The van der Waals surface area contributed by atoms with Crippen LogP contribution in [0.5, 0.6) is 11.5 Å². The molecule has 7 heteroatoms. The Bertz CT molecular complexity index is 1220. The molecule has 1 amide bonds. The van der Waals surface area contributed by atoms with Crippen molar-refractivity contribution < 1.29 is 18.7 Å². The Hall–Kier alpha value is -3.51. The molecule has 0 saturated heterocycles. The Kier molecular flexibility index (Phi) is 4.33. The first-order valence-electron chi connectivity index (χ1n) is 8.99. The minimum Gasteiger partial charge on any atom is -0.454 e. The number of oxazole rings is 1. The van der Waals surface area contributed by atoms with E-state index < -0.39 is 0 Å². The molecular weight excluding hydrogens is 392 g/mol. The lowest BCUT2D eigenvalue weighted by atomic mass is 10.1. The molecule has 2 heterocycles. The van der Waals surface area contributed by atoms with Crippen LogP contribution in [0.15, 0.2) is 65.1 Å². The Balaban J connectivity index is 1.34. The molecular formula is C22H15ClN2O4. The molecule has 0 radical (unpaired) electrons. The lowest BCUT2D eigenvalue weighted by Crippen LogP contribution is -2.11. The van der Waals surface area contributed by atoms with Crippen molar-refractivity contribution in [3.05, 3.63) is 82.7 Å². The number of nitrogens with one attached hydrogen (secondary N) is 1. The maximum atomic E-state index is 12.6. The van der Waals surface area contributed by atoms with Crippen molar-refractivity contribution in [1.29, 1.82) is 0 Å². The highest BCUT2D eigenvalue weighted by Crippen LogP contribution is 2.32. The Morgan fingerprint density at radius 3 is 2.69 bits per heavy atom. The van der Waals surface area contributed by atoms with Crippen molar-refractivity contribution in [3.8, 4) is 11.5 Å². The maximum Gasteiger partial charge on any atom is 0.255 e. The van der Waals surface area contributed by atoms with Gasteiger partial charge in [-0.25, -0.2) is 4.98 Å². The first-order valence-corrected chi connectivity index (χ1v) is 9.37. The molecule has 0 unspecified atom stereocenters. The average molecular weight is 407 g/mol. The number of rotatable bonds is 4. The summed E-state index contributed by atoms with van der Waals surface area (Å²) in [5, 5.41) is 3.56. The lowest BCUT2D eigenvalue weighted by molar-refractivity contribution is 0.102. The van der Waals surface area contributed by atoms with E-state index in [2.05, 4.69) is 10.3 Å². The quantitative estimate of drug-likeness (QED) is 0.513. The van der Waals surface area contributed by atoms with E-state index in [-0.39, 0.29) is 12.7 Å². The number of ether oxygens (including phenoxy) is 2. The highest BCUT2D eigenvalue weighted by Gasteiger charge is 2.16. The highest BCUT2D eigenvalue weighted by atomic mass is 35.5. The standard InChI is InChI=1S/C22H15ClN2O4/c23-15-4-1-13(2-5-15)9-21-25-17-11-16(6-8-18(17)29-21)24-22(26)14-3-7-19-20(10-14)28-12-27-19/h1-8,10-11H,9,12H2,(H,24,26). The predicted octanol–water partition coefficient (Wildman–Crippen LogP) is 5.05. The summed E-state index contributed by atoms with van der Waals surface area (Å²) in [7, 11) is 0. The van der Waals surface area contributed by atoms with Crippen LogP contribution in [-0.2, 0) is 6.42 Å². The van der Waals surface area contributed by atoms with Crippen LogP contribution in [0.1, 0.15) is 21.8 Å². The van der Waals surface area contributed by atoms with Crippen molar-refractivity contribution in [2.45, 2.75) is 6.42 Å². The monoisotopic (exact) mass is 406 g/mol. The number of anilines is 1. The molecule has 1 aliphatic heterocycles. The number of hydrogen-bond acceptors (Lipinski definition) is 5. The summed E-state index contributed by atoms with van der Waals surface area (Å²) in [6, 6.07) is 18.0. The van der Waals surface area contributed by atoms with Crippen LogP contribution in [0, 0.1) is 0 Å². The third-order valence-electron chi connectivity index (χ3n) is 4.59. The molecule has 1 aromatic heterocycles. The van der Waals surface area contributed by atoms with Gasteiger partial charge in [0.2, 0.25) is 6.79 Å². The summed E-state index contributed by atoms with van der Waals surface area (Å²) < 4.78 is 16.4. The zero-order valence-corrected chi connectivity index (χ0v) is 15.9. The predicted molar refractivity (Wildman–Crippen MR) is 109 cm³/mol. The summed E-state index contributed by atoms with van der Waals surface area (Å²) >= 11 is 5.92. The van der Waals surface area contributed by atoms with E-state index in [4.69, 9.17) is 25.5 Å². The van der Waals surface area contributed by atoms with Crippen LogP contribution in [0.25, 0.3) is 11.1 Å². The van der Waals surface area contributed by atoms with Crippen LogP contribution in [0.2, 0.25) is 5.02 Å². The topological polar surface area (TPSA) is 73.6 Å². The van der Waals surface area contributed by atoms with Crippen LogP contribution in [0.3, 0.4) is 0 Å². The molecule has 1 aliphatic rings. The van der Waals surface area contributed by atoms with E-state index in [0.29, 0.717) is 51.2 Å². The lowest BCUT2D eigenvalue weighted by Gasteiger charge is -2.05. The van der Waals surface area contributed by atoms with Gasteiger partial charge in [-0.2, -0.15) is 0 Å². The summed E-state index contributed by atoms with van der Waals surface area (Å²) in [6.45, 7) is 0.168. The van der Waals surface area contributed by atoms with Crippen molar-refractivity contribution in [2.24, 2.45) is 0 Å². The van der Waals surface area contributed by atoms with E-state index in [1.165, 1.54) is 0 Å². The summed E-state index contributed by atoms with van der Waals surface area (Å²) in [5.41, 5.74) is 3.51.